The molecule has 0 fully saturated rings. The third-order valence-corrected chi connectivity index (χ3v) is 3.15. The van der Waals surface area contributed by atoms with Crippen molar-refractivity contribution >= 4 is 22.6 Å². The van der Waals surface area contributed by atoms with Crippen molar-refractivity contribution in [3.8, 4) is 12.1 Å². The van der Waals surface area contributed by atoms with E-state index in [2.05, 4.69) is 10.2 Å². The molecule has 0 unspecified atom stereocenters. The van der Waals surface area contributed by atoms with Crippen molar-refractivity contribution in [1.82, 2.24) is 0 Å². The molecule has 2 rings (SSSR count). The average molecular weight is 301 g/mol. The summed E-state index contributed by atoms with van der Waals surface area (Å²) in [4.78, 5) is 2.02. The summed E-state index contributed by atoms with van der Waals surface area (Å²) in [6, 6.07) is 18.6. The maximum absolute atomic E-state index is 8.98. The number of allylic oxidation sites excluding steroid dienone is 2. The van der Waals surface area contributed by atoms with E-state index in [1.165, 1.54) is 6.08 Å². The van der Waals surface area contributed by atoms with Gasteiger partial charge < -0.3 is 4.90 Å². The number of nitriles is 2. The van der Waals surface area contributed by atoms with Crippen molar-refractivity contribution in [2.24, 2.45) is 10.2 Å². The van der Waals surface area contributed by atoms with Crippen molar-refractivity contribution < 1.29 is 0 Å². The first kappa shape index (κ1) is 15.9. The van der Waals surface area contributed by atoms with Crippen LogP contribution >= 0.6 is 0 Å². The summed E-state index contributed by atoms with van der Waals surface area (Å²) in [7, 11) is 3.96. The molecule has 0 radical (unpaired) electrons. The zero-order valence-corrected chi connectivity index (χ0v) is 12.9. The van der Waals surface area contributed by atoms with Gasteiger partial charge in [-0.2, -0.15) is 20.8 Å². The normalized spacial score (nSPS) is 11.0. The van der Waals surface area contributed by atoms with Gasteiger partial charge in [0, 0.05) is 25.9 Å². The topological polar surface area (TPSA) is 75.5 Å². The second kappa shape index (κ2) is 7.53. The fourth-order valence-corrected chi connectivity index (χ4v) is 1.89. The largest absolute Gasteiger partial charge is 0.378 e. The maximum atomic E-state index is 8.98. The Labute approximate surface area is 135 Å². The molecule has 0 aromatic heterocycles. The van der Waals surface area contributed by atoms with Crippen molar-refractivity contribution in [3.05, 3.63) is 60.2 Å². The van der Waals surface area contributed by atoms with Gasteiger partial charge in [0.05, 0.1) is 23.0 Å². The summed E-state index contributed by atoms with van der Waals surface area (Å²) in [5.41, 5.74) is 3.56. The second-order valence-electron chi connectivity index (χ2n) is 4.96. The summed E-state index contributed by atoms with van der Waals surface area (Å²) < 4.78 is 0. The van der Waals surface area contributed by atoms with Crippen LogP contribution in [0.25, 0.3) is 5.57 Å². The maximum Gasteiger partial charge on any atom is 0.101 e. The van der Waals surface area contributed by atoms with Gasteiger partial charge >= 0.3 is 0 Å². The Morgan fingerprint density at radius 3 is 1.87 bits per heavy atom. The van der Waals surface area contributed by atoms with Crippen LogP contribution in [-0.4, -0.2) is 14.1 Å². The van der Waals surface area contributed by atoms with Crippen LogP contribution < -0.4 is 4.90 Å². The molecule has 0 aliphatic rings. The second-order valence-corrected chi connectivity index (χ2v) is 4.96. The number of nitrogens with zero attached hydrogens (tertiary/aromatic N) is 5. The van der Waals surface area contributed by atoms with Crippen LogP contribution in [0.2, 0.25) is 0 Å². The Balaban J connectivity index is 2.13. The number of rotatable bonds is 4. The molecule has 0 atom stereocenters. The van der Waals surface area contributed by atoms with E-state index in [0.29, 0.717) is 16.8 Å². The highest BCUT2D eigenvalue weighted by Crippen LogP contribution is 2.23. The molecule has 2 aromatic carbocycles. The highest BCUT2D eigenvalue weighted by Gasteiger charge is 2.00. The molecule has 0 saturated heterocycles. The Morgan fingerprint density at radius 2 is 1.43 bits per heavy atom. The zero-order valence-electron chi connectivity index (χ0n) is 12.9. The van der Waals surface area contributed by atoms with Crippen LogP contribution in [-0.2, 0) is 0 Å². The molecule has 5 nitrogen and oxygen atoms in total. The van der Waals surface area contributed by atoms with E-state index in [1.54, 1.807) is 24.3 Å². The molecule has 0 amide bonds. The minimum atomic E-state index is 0.329. The number of benzene rings is 2. The third kappa shape index (κ3) is 4.26. The molecule has 0 saturated carbocycles. The molecule has 112 valence electrons. The number of anilines is 1. The van der Waals surface area contributed by atoms with E-state index in [1.807, 2.05) is 55.4 Å². The molecule has 5 heteroatoms. The minimum absolute atomic E-state index is 0.329. The predicted octanol–water partition coefficient (Wildman–Crippen LogP) is 4.60. The lowest BCUT2D eigenvalue weighted by Crippen LogP contribution is -2.07. The minimum Gasteiger partial charge on any atom is -0.378 e. The molecule has 23 heavy (non-hydrogen) atoms. The first-order valence-electron chi connectivity index (χ1n) is 6.93. The summed E-state index contributed by atoms with van der Waals surface area (Å²) in [6.45, 7) is 0. The van der Waals surface area contributed by atoms with Crippen molar-refractivity contribution in [1.29, 1.82) is 10.5 Å². The van der Waals surface area contributed by atoms with Crippen molar-refractivity contribution in [2.75, 3.05) is 19.0 Å². The van der Waals surface area contributed by atoms with Crippen LogP contribution in [0.1, 0.15) is 5.56 Å². The number of hydrogen-bond acceptors (Lipinski definition) is 5. The highest BCUT2D eigenvalue weighted by molar-refractivity contribution is 5.78. The van der Waals surface area contributed by atoms with Crippen LogP contribution in [0.4, 0.5) is 17.1 Å². The monoisotopic (exact) mass is 301 g/mol. The first-order chi connectivity index (χ1) is 11.1. The van der Waals surface area contributed by atoms with Gasteiger partial charge in [-0.25, -0.2) is 0 Å². The van der Waals surface area contributed by atoms with E-state index < -0.39 is 0 Å². The van der Waals surface area contributed by atoms with Gasteiger partial charge in [-0.3, -0.25) is 0 Å². The lowest BCUT2D eigenvalue weighted by Gasteiger charge is -2.11. The Morgan fingerprint density at radius 1 is 0.913 bits per heavy atom. The van der Waals surface area contributed by atoms with E-state index in [-0.39, 0.29) is 0 Å². The molecule has 0 aliphatic carbocycles. The zero-order chi connectivity index (χ0) is 16.7. The van der Waals surface area contributed by atoms with E-state index >= 15 is 0 Å². The average Bonchev–Trinajstić information content (AvgIpc) is 2.59. The summed E-state index contributed by atoms with van der Waals surface area (Å²) in [5.74, 6) is 0. The molecular formula is C18H15N5. The quantitative estimate of drug-likeness (QED) is 0.611. The van der Waals surface area contributed by atoms with E-state index in [9.17, 15) is 0 Å². The molecule has 0 bridgehead atoms. The van der Waals surface area contributed by atoms with Gasteiger partial charge in [-0.15, -0.1) is 0 Å². The molecule has 2 aromatic rings. The Hall–Kier alpha value is -3.44. The van der Waals surface area contributed by atoms with E-state index in [4.69, 9.17) is 10.5 Å². The van der Waals surface area contributed by atoms with Gasteiger partial charge in [0.25, 0.3) is 0 Å². The van der Waals surface area contributed by atoms with Gasteiger partial charge in [-0.1, -0.05) is 12.1 Å². The van der Waals surface area contributed by atoms with Crippen LogP contribution in [0.15, 0.2) is 64.8 Å². The third-order valence-electron chi connectivity index (χ3n) is 3.15. The first-order valence-corrected chi connectivity index (χ1v) is 6.93. The summed E-state index contributed by atoms with van der Waals surface area (Å²) in [5, 5.41) is 26.0. The predicted molar refractivity (Wildman–Crippen MR) is 90.6 cm³/mol. The lowest BCUT2D eigenvalue weighted by molar-refractivity contribution is 1.13. The van der Waals surface area contributed by atoms with Crippen molar-refractivity contribution in [2.45, 2.75) is 0 Å². The Bertz CT molecular complexity index is 800. The fraction of sp³-hybridized carbons (Fsp3) is 0.111. The SMILES string of the molecule is CN(C)c1ccc(N=Nc2ccc(/C(C#N)=C/C#N)cc2)cc1. The van der Waals surface area contributed by atoms with Crippen LogP contribution in [0, 0.1) is 22.7 Å². The molecule has 0 spiro atoms. The fourth-order valence-electron chi connectivity index (χ4n) is 1.89. The number of hydrogen-bond donors (Lipinski definition) is 0. The van der Waals surface area contributed by atoms with Crippen molar-refractivity contribution in [3.63, 3.8) is 0 Å². The van der Waals surface area contributed by atoms with Crippen LogP contribution in [0.3, 0.4) is 0 Å². The smallest absolute Gasteiger partial charge is 0.101 e. The van der Waals surface area contributed by atoms with Gasteiger partial charge in [0.2, 0.25) is 0 Å². The lowest BCUT2D eigenvalue weighted by atomic mass is 10.1. The number of azo groups is 1. The molecule has 0 N–H and O–H groups in total. The van der Waals surface area contributed by atoms with Gasteiger partial charge in [0.15, 0.2) is 0 Å². The van der Waals surface area contributed by atoms with Gasteiger partial charge in [-0.05, 0) is 42.0 Å². The summed E-state index contributed by atoms with van der Waals surface area (Å²) in [6.07, 6.45) is 1.23. The summed E-state index contributed by atoms with van der Waals surface area (Å²) >= 11 is 0. The standard InChI is InChI=1S/C18H15N5/c1-23(2)18-9-7-17(8-10-18)22-21-16-5-3-14(4-6-16)15(13-20)11-12-19/h3-11H,1-2H3/b15-11+,22-21?. The molecule has 0 aliphatic heterocycles. The molecular weight excluding hydrogens is 286 g/mol. The van der Waals surface area contributed by atoms with E-state index in [0.717, 1.165) is 11.4 Å². The van der Waals surface area contributed by atoms with Crippen LogP contribution in [0.5, 0.6) is 0 Å². The highest BCUT2D eigenvalue weighted by atomic mass is 15.1. The Kier molecular flexibility index (Phi) is 5.22. The van der Waals surface area contributed by atoms with Gasteiger partial charge in [0.1, 0.15) is 6.07 Å². The molecule has 0 heterocycles.